The summed E-state index contributed by atoms with van der Waals surface area (Å²) in [6, 6.07) is 5.56. The number of anilines is 1. The number of carbonyl (C=O) groups is 2. The Labute approximate surface area is 175 Å². The van der Waals surface area contributed by atoms with Crippen molar-refractivity contribution in [2.75, 3.05) is 12.4 Å². The first-order chi connectivity index (χ1) is 14.5. The number of esters is 1. The zero-order valence-electron chi connectivity index (χ0n) is 16.4. The molecule has 0 atom stereocenters. The van der Waals surface area contributed by atoms with Gasteiger partial charge in [-0.1, -0.05) is 5.16 Å². The lowest BCUT2D eigenvalue weighted by Crippen LogP contribution is -2.17. The number of fused-ring (bicyclic) bond motifs is 1. The van der Waals surface area contributed by atoms with Gasteiger partial charge in [0.1, 0.15) is 28.9 Å². The smallest absolute Gasteiger partial charge is 0.341 e. The van der Waals surface area contributed by atoms with Gasteiger partial charge in [-0.3, -0.25) is 4.79 Å². The van der Waals surface area contributed by atoms with Gasteiger partial charge in [0, 0.05) is 4.88 Å². The Morgan fingerprint density at radius 1 is 1.27 bits per heavy atom. The minimum atomic E-state index is -0.505. The second-order valence-corrected chi connectivity index (χ2v) is 7.92. The fourth-order valence-electron chi connectivity index (χ4n) is 3.40. The molecule has 1 aliphatic carbocycles. The Bertz CT molecular complexity index is 1100. The van der Waals surface area contributed by atoms with Crippen LogP contribution in [-0.2, 0) is 24.2 Å². The molecule has 0 aliphatic heterocycles. The number of benzene rings is 1. The number of rotatable bonds is 6. The lowest BCUT2D eigenvalue weighted by molar-refractivity contribution is 0.0601. The fraction of sp³-hybridized carbons (Fsp3) is 0.286. The van der Waals surface area contributed by atoms with Crippen LogP contribution in [0.4, 0.5) is 9.39 Å². The van der Waals surface area contributed by atoms with Gasteiger partial charge >= 0.3 is 5.97 Å². The van der Waals surface area contributed by atoms with Crippen LogP contribution in [0.15, 0.2) is 28.8 Å². The first kappa shape index (κ1) is 20.1. The third kappa shape index (κ3) is 3.80. The van der Waals surface area contributed by atoms with Crippen LogP contribution < -0.4 is 10.1 Å². The lowest BCUT2D eigenvalue weighted by Gasteiger charge is -2.08. The van der Waals surface area contributed by atoms with Gasteiger partial charge in [-0.15, -0.1) is 11.3 Å². The number of thiophene rings is 1. The van der Waals surface area contributed by atoms with E-state index in [4.69, 9.17) is 14.0 Å². The largest absolute Gasteiger partial charge is 0.489 e. The molecule has 0 saturated heterocycles. The van der Waals surface area contributed by atoms with Crippen molar-refractivity contribution in [3.8, 4) is 5.75 Å². The third-order valence-corrected chi connectivity index (χ3v) is 6.14. The van der Waals surface area contributed by atoms with E-state index in [9.17, 15) is 14.0 Å². The number of amides is 1. The second-order valence-electron chi connectivity index (χ2n) is 6.82. The van der Waals surface area contributed by atoms with Gasteiger partial charge < -0.3 is 19.3 Å². The van der Waals surface area contributed by atoms with Gasteiger partial charge in [0.05, 0.1) is 18.2 Å². The quantitative estimate of drug-likeness (QED) is 0.587. The number of carbonyl (C=O) groups excluding carboxylic acids is 2. The van der Waals surface area contributed by atoms with E-state index in [1.54, 1.807) is 6.92 Å². The molecule has 30 heavy (non-hydrogen) atoms. The number of nitrogens with one attached hydrogen (secondary N) is 1. The first-order valence-electron chi connectivity index (χ1n) is 9.35. The highest BCUT2D eigenvalue weighted by Gasteiger charge is 2.29. The predicted octanol–water partition coefficient (Wildman–Crippen LogP) is 4.29. The number of hydrogen-bond donors (Lipinski definition) is 1. The average Bonchev–Trinajstić information content (AvgIpc) is 3.41. The molecule has 7 nitrogen and oxygen atoms in total. The maximum atomic E-state index is 13.1. The summed E-state index contributed by atoms with van der Waals surface area (Å²) in [5.74, 6) is -0.460. The number of hydrogen-bond acceptors (Lipinski definition) is 7. The lowest BCUT2D eigenvalue weighted by atomic mass is 10.1. The van der Waals surface area contributed by atoms with E-state index in [0.717, 1.165) is 29.7 Å². The van der Waals surface area contributed by atoms with Crippen molar-refractivity contribution in [1.29, 1.82) is 0 Å². The third-order valence-electron chi connectivity index (χ3n) is 4.93. The van der Waals surface area contributed by atoms with Crippen LogP contribution in [0.25, 0.3) is 0 Å². The molecule has 1 aliphatic rings. The Kier molecular flexibility index (Phi) is 5.54. The standard InChI is InChI=1S/C21H19FN2O5S/c1-11-15(10-28-13-8-6-12(22)7-9-13)18(24-29-11)19(25)23-20-17(21(26)27-2)14-4-3-5-16(14)30-20/h6-9H,3-5,10H2,1-2H3,(H,23,25). The van der Waals surface area contributed by atoms with Crippen molar-refractivity contribution in [3.63, 3.8) is 0 Å². The van der Waals surface area contributed by atoms with Crippen molar-refractivity contribution in [2.45, 2.75) is 32.8 Å². The van der Waals surface area contributed by atoms with Crippen LogP contribution in [0.1, 0.15) is 49.0 Å². The van der Waals surface area contributed by atoms with E-state index in [1.807, 2.05) is 0 Å². The van der Waals surface area contributed by atoms with Crippen molar-refractivity contribution in [2.24, 2.45) is 0 Å². The summed E-state index contributed by atoms with van der Waals surface area (Å²) in [4.78, 5) is 26.3. The zero-order chi connectivity index (χ0) is 21.3. The summed E-state index contributed by atoms with van der Waals surface area (Å²) in [6.07, 6.45) is 2.64. The number of halogens is 1. The summed E-state index contributed by atoms with van der Waals surface area (Å²) < 4.78 is 28.8. The number of ether oxygens (including phenoxy) is 2. The number of methoxy groups -OCH3 is 1. The van der Waals surface area contributed by atoms with Gasteiger partial charge in [-0.05, 0) is 56.0 Å². The van der Waals surface area contributed by atoms with E-state index in [2.05, 4.69) is 10.5 Å². The van der Waals surface area contributed by atoms with Crippen LogP contribution >= 0.6 is 11.3 Å². The van der Waals surface area contributed by atoms with Crippen LogP contribution in [0, 0.1) is 12.7 Å². The monoisotopic (exact) mass is 430 g/mol. The molecule has 2 heterocycles. The highest BCUT2D eigenvalue weighted by Crippen LogP contribution is 2.39. The van der Waals surface area contributed by atoms with Crippen LogP contribution in [0.5, 0.6) is 5.75 Å². The number of aryl methyl sites for hydroxylation is 2. The summed E-state index contributed by atoms with van der Waals surface area (Å²) >= 11 is 1.38. The van der Waals surface area contributed by atoms with E-state index >= 15 is 0 Å². The molecule has 1 aromatic carbocycles. The van der Waals surface area contributed by atoms with E-state index in [1.165, 1.54) is 42.7 Å². The Hall–Kier alpha value is -3.20. The van der Waals surface area contributed by atoms with Crippen LogP contribution in [-0.4, -0.2) is 24.1 Å². The molecule has 9 heteroatoms. The molecule has 0 fully saturated rings. The zero-order valence-corrected chi connectivity index (χ0v) is 17.2. The van der Waals surface area contributed by atoms with Gasteiger partial charge in [0.25, 0.3) is 5.91 Å². The van der Waals surface area contributed by atoms with Crippen molar-refractivity contribution < 1.29 is 28.0 Å². The van der Waals surface area contributed by atoms with E-state index in [-0.39, 0.29) is 18.1 Å². The minimum Gasteiger partial charge on any atom is -0.489 e. The molecular formula is C21H19FN2O5S. The van der Waals surface area contributed by atoms with Crippen molar-refractivity contribution >= 4 is 28.2 Å². The second kappa shape index (κ2) is 8.27. The van der Waals surface area contributed by atoms with Gasteiger partial charge in [-0.25, -0.2) is 9.18 Å². The molecular weight excluding hydrogens is 411 g/mol. The number of aromatic nitrogens is 1. The number of nitrogens with zero attached hydrogens (tertiary/aromatic N) is 1. The molecule has 0 saturated carbocycles. The fourth-order valence-corrected chi connectivity index (χ4v) is 4.67. The molecule has 1 amide bonds. The van der Waals surface area contributed by atoms with Gasteiger partial charge in [0.2, 0.25) is 0 Å². The summed E-state index contributed by atoms with van der Waals surface area (Å²) in [5, 5.41) is 7.09. The highest BCUT2D eigenvalue weighted by molar-refractivity contribution is 7.17. The minimum absolute atomic E-state index is 0.0223. The van der Waals surface area contributed by atoms with Crippen LogP contribution in [0.2, 0.25) is 0 Å². The average molecular weight is 430 g/mol. The molecule has 0 radical (unpaired) electrons. The molecule has 4 rings (SSSR count). The van der Waals surface area contributed by atoms with Crippen LogP contribution in [0.3, 0.4) is 0 Å². The Balaban J connectivity index is 1.55. The summed E-state index contributed by atoms with van der Waals surface area (Å²) in [7, 11) is 1.32. The maximum absolute atomic E-state index is 13.1. The Morgan fingerprint density at radius 3 is 2.77 bits per heavy atom. The normalized spacial score (nSPS) is 12.5. The SMILES string of the molecule is COC(=O)c1c(NC(=O)c2noc(C)c2COc2ccc(F)cc2)sc2c1CCC2. The van der Waals surface area contributed by atoms with E-state index < -0.39 is 11.9 Å². The molecule has 2 aromatic heterocycles. The topological polar surface area (TPSA) is 90.7 Å². The molecule has 0 spiro atoms. The molecule has 156 valence electrons. The highest BCUT2D eigenvalue weighted by atomic mass is 32.1. The molecule has 0 bridgehead atoms. The summed E-state index contributed by atoms with van der Waals surface area (Å²) in [5.41, 5.74) is 1.89. The maximum Gasteiger partial charge on any atom is 0.341 e. The molecule has 1 N–H and O–H groups in total. The summed E-state index contributed by atoms with van der Waals surface area (Å²) in [6.45, 7) is 1.70. The predicted molar refractivity (Wildman–Crippen MR) is 108 cm³/mol. The van der Waals surface area contributed by atoms with Crippen molar-refractivity contribution in [3.05, 3.63) is 63.1 Å². The van der Waals surface area contributed by atoms with Gasteiger partial charge in [-0.2, -0.15) is 0 Å². The molecule has 0 unspecified atom stereocenters. The van der Waals surface area contributed by atoms with Gasteiger partial charge in [0.15, 0.2) is 5.69 Å². The van der Waals surface area contributed by atoms with Crippen molar-refractivity contribution in [1.82, 2.24) is 5.16 Å². The van der Waals surface area contributed by atoms with E-state index in [0.29, 0.717) is 27.6 Å². The Morgan fingerprint density at radius 2 is 2.03 bits per heavy atom. The first-order valence-corrected chi connectivity index (χ1v) is 10.2. The molecule has 3 aromatic rings.